The van der Waals surface area contributed by atoms with E-state index >= 15 is 0 Å². The quantitative estimate of drug-likeness (QED) is 0.850. The molecule has 3 heteroatoms. The lowest BCUT2D eigenvalue weighted by atomic mass is 10.0. The molecule has 2 rings (SSSR count). The Morgan fingerprint density at radius 1 is 1.53 bits per heavy atom. The normalized spacial score (nSPS) is 21.6. The fourth-order valence-electron chi connectivity index (χ4n) is 2.24. The van der Waals surface area contributed by atoms with Gasteiger partial charge in [0.15, 0.2) is 0 Å². The van der Waals surface area contributed by atoms with E-state index < -0.39 is 0 Å². The molecule has 1 aliphatic rings. The van der Waals surface area contributed by atoms with E-state index in [0.29, 0.717) is 6.42 Å². The van der Waals surface area contributed by atoms with Gasteiger partial charge in [-0.15, -0.1) is 0 Å². The number of hydrogen-bond donors (Lipinski definition) is 1. The molecule has 0 spiro atoms. The van der Waals surface area contributed by atoms with E-state index in [1.807, 2.05) is 12.3 Å². The summed E-state index contributed by atoms with van der Waals surface area (Å²) < 4.78 is 5.52. The number of aryl methyl sites for hydroxylation is 1. The SMILES string of the molecule is CCc1ccc(CC(O)CC2CCCO2)nc1. The number of aliphatic hydroxyl groups excluding tert-OH is 1. The van der Waals surface area contributed by atoms with Crippen molar-refractivity contribution in [2.45, 2.75) is 51.2 Å². The fourth-order valence-corrected chi connectivity index (χ4v) is 2.24. The molecule has 2 heterocycles. The second-order valence-electron chi connectivity index (χ2n) is 4.74. The third-order valence-electron chi connectivity index (χ3n) is 3.30. The first-order valence-electron chi connectivity index (χ1n) is 6.51. The van der Waals surface area contributed by atoms with Gasteiger partial charge in [-0.2, -0.15) is 0 Å². The van der Waals surface area contributed by atoms with Gasteiger partial charge in [-0.05, 0) is 37.3 Å². The molecule has 2 unspecified atom stereocenters. The van der Waals surface area contributed by atoms with Crippen LogP contribution in [0.15, 0.2) is 18.3 Å². The molecule has 0 bridgehead atoms. The van der Waals surface area contributed by atoms with E-state index in [1.54, 1.807) is 0 Å². The lowest BCUT2D eigenvalue weighted by Crippen LogP contribution is -2.19. The maximum Gasteiger partial charge on any atom is 0.0620 e. The third-order valence-corrected chi connectivity index (χ3v) is 3.30. The summed E-state index contributed by atoms with van der Waals surface area (Å²) in [4.78, 5) is 4.36. The molecular formula is C14H21NO2. The van der Waals surface area contributed by atoms with Crippen LogP contribution in [0.1, 0.15) is 37.4 Å². The molecule has 1 saturated heterocycles. The Balaban J connectivity index is 1.81. The highest BCUT2D eigenvalue weighted by atomic mass is 16.5. The summed E-state index contributed by atoms with van der Waals surface area (Å²) in [6, 6.07) is 4.10. The van der Waals surface area contributed by atoms with E-state index in [2.05, 4.69) is 18.0 Å². The van der Waals surface area contributed by atoms with E-state index in [4.69, 9.17) is 4.74 Å². The minimum atomic E-state index is -0.335. The van der Waals surface area contributed by atoms with Gasteiger partial charge in [0.25, 0.3) is 0 Å². The van der Waals surface area contributed by atoms with Gasteiger partial charge in [-0.25, -0.2) is 0 Å². The average Bonchev–Trinajstić information content (AvgIpc) is 2.82. The first-order valence-corrected chi connectivity index (χ1v) is 6.51. The van der Waals surface area contributed by atoms with Crippen LogP contribution in [0, 0.1) is 0 Å². The van der Waals surface area contributed by atoms with Crippen molar-refractivity contribution in [2.75, 3.05) is 6.61 Å². The number of aliphatic hydroxyl groups is 1. The Bertz CT molecular complexity index is 331. The highest BCUT2D eigenvalue weighted by Gasteiger charge is 2.19. The third kappa shape index (κ3) is 3.79. The van der Waals surface area contributed by atoms with Crippen LogP contribution in [0.3, 0.4) is 0 Å². The highest BCUT2D eigenvalue weighted by Crippen LogP contribution is 2.18. The Kier molecular flexibility index (Phi) is 4.51. The zero-order valence-electron chi connectivity index (χ0n) is 10.4. The van der Waals surface area contributed by atoms with Crippen LogP contribution in [0.5, 0.6) is 0 Å². The number of rotatable bonds is 5. The van der Waals surface area contributed by atoms with Gasteiger partial charge in [0, 0.05) is 24.9 Å². The van der Waals surface area contributed by atoms with Crippen LogP contribution in [0.25, 0.3) is 0 Å². The second-order valence-corrected chi connectivity index (χ2v) is 4.74. The molecule has 0 aliphatic carbocycles. The lowest BCUT2D eigenvalue weighted by molar-refractivity contribution is 0.0537. The molecule has 0 aromatic carbocycles. The number of nitrogens with zero attached hydrogens (tertiary/aromatic N) is 1. The van der Waals surface area contributed by atoms with E-state index in [1.165, 1.54) is 5.56 Å². The maximum atomic E-state index is 9.97. The molecule has 1 aromatic rings. The molecule has 0 radical (unpaired) electrons. The Labute approximate surface area is 103 Å². The molecular weight excluding hydrogens is 214 g/mol. The summed E-state index contributed by atoms with van der Waals surface area (Å²) in [7, 11) is 0. The summed E-state index contributed by atoms with van der Waals surface area (Å²) in [5.74, 6) is 0. The van der Waals surface area contributed by atoms with Crippen molar-refractivity contribution in [3.05, 3.63) is 29.6 Å². The van der Waals surface area contributed by atoms with E-state index in [0.717, 1.165) is 38.0 Å². The fraction of sp³-hybridized carbons (Fsp3) is 0.643. The van der Waals surface area contributed by atoms with Crippen molar-refractivity contribution in [3.63, 3.8) is 0 Å². The first-order chi connectivity index (χ1) is 8.28. The Morgan fingerprint density at radius 3 is 3.00 bits per heavy atom. The van der Waals surface area contributed by atoms with E-state index in [-0.39, 0.29) is 12.2 Å². The second kappa shape index (κ2) is 6.12. The summed E-state index contributed by atoms with van der Waals surface area (Å²) in [5.41, 5.74) is 2.20. The van der Waals surface area contributed by atoms with E-state index in [9.17, 15) is 5.11 Å². The standard InChI is InChI=1S/C14H21NO2/c1-2-11-5-6-12(15-10-11)8-13(16)9-14-4-3-7-17-14/h5-6,10,13-14,16H,2-4,7-9H2,1H3. The van der Waals surface area contributed by atoms with Gasteiger partial charge in [0.05, 0.1) is 12.2 Å². The molecule has 0 saturated carbocycles. The molecule has 1 N–H and O–H groups in total. The number of ether oxygens (including phenoxy) is 1. The monoisotopic (exact) mass is 235 g/mol. The van der Waals surface area contributed by atoms with Crippen LogP contribution in [-0.2, 0) is 17.6 Å². The minimum Gasteiger partial charge on any atom is -0.393 e. The van der Waals surface area contributed by atoms with Crippen LogP contribution in [-0.4, -0.2) is 28.9 Å². The van der Waals surface area contributed by atoms with Crippen molar-refractivity contribution in [1.29, 1.82) is 0 Å². The van der Waals surface area contributed by atoms with Crippen molar-refractivity contribution in [1.82, 2.24) is 4.98 Å². The molecule has 1 aromatic heterocycles. The summed E-state index contributed by atoms with van der Waals surface area (Å²) >= 11 is 0. The molecule has 17 heavy (non-hydrogen) atoms. The van der Waals surface area contributed by atoms with Crippen molar-refractivity contribution >= 4 is 0 Å². The molecule has 94 valence electrons. The number of hydrogen-bond acceptors (Lipinski definition) is 3. The summed E-state index contributed by atoms with van der Waals surface area (Å²) in [6.45, 7) is 2.96. The van der Waals surface area contributed by atoms with Crippen LogP contribution < -0.4 is 0 Å². The van der Waals surface area contributed by atoms with Gasteiger partial charge in [-0.1, -0.05) is 13.0 Å². The Morgan fingerprint density at radius 2 is 2.41 bits per heavy atom. The van der Waals surface area contributed by atoms with Crippen molar-refractivity contribution < 1.29 is 9.84 Å². The minimum absolute atomic E-state index is 0.250. The van der Waals surface area contributed by atoms with Crippen LogP contribution in [0.2, 0.25) is 0 Å². The van der Waals surface area contributed by atoms with Gasteiger partial charge in [0.2, 0.25) is 0 Å². The Hall–Kier alpha value is -0.930. The zero-order chi connectivity index (χ0) is 12.1. The van der Waals surface area contributed by atoms with Crippen molar-refractivity contribution in [3.8, 4) is 0 Å². The lowest BCUT2D eigenvalue weighted by Gasteiger charge is -2.14. The smallest absolute Gasteiger partial charge is 0.0620 e. The van der Waals surface area contributed by atoms with Crippen LogP contribution in [0.4, 0.5) is 0 Å². The molecule has 2 atom stereocenters. The van der Waals surface area contributed by atoms with Crippen LogP contribution >= 0.6 is 0 Å². The molecule has 1 aliphatic heterocycles. The van der Waals surface area contributed by atoms with Gasteiger partial charge in [0.1, 0.15) is 0 Å². The van der Waals surface area contributed by atoms with Gasteiger partial charge in [-0.3, -0.25) is 4.98 Å². The predicted molar refractivity (Wildman–Crippen MR) is 66.9 cm³/mol. The number of aromatic nitrogens is 1. The highest BCUT2D eigenvalue weighted by molar-refractivity contribution is 5.14. The first kappa shape index (κ1) is 12.5. The predicted octanol–water partition coefficient (Wildman–Crippen LogP) is 2.12. The summed E-state index contributed by atoms with van der Waals surface area (Å²) in [5, 5.41) is 9.97. The zero-order valence-corrected chi connectivity index (χ0v) is 10.4. The maximum absolute atomic E-state index is 9.97. The molecule has 1 fully saturated rings. The topological polar surface area (TPSA) is 42.4 Å². The summed E-state index contributed by atoms with van der Waals surface area (Å²) in [6.07, 6.45) is 6.39. The largest absolute Gasteiger partial charge is 0.393 e. The van der Waals surface area contributed by atoms with Gasteiger partial charge >= 0.3 is 0 Å². The number of pyridine rings is 1. The molecule has 0 amide bonds. The molecule has 3 nitrogen and oxygen atoms in total. The van der Waals surface area contributed by atoms with Gasteiger partial charge < -0.3 is 9.84 Å². The van der Waals surface area contributed by atoms with Crippen molar-refractivity contribution in [2.24, 2.45) is 0 Å². The average molecular weight is 235 g/mol.